The average molecular weight is 453 g/mol. The number of imide groups is 1. The molecule has 1 aromatic heterocycles. The lowest BCUT2D eigenvalue weighted by Gasteiger charge is -2.36. The molecule has 2 aromatic rings. The molecule has 32 heavy (non-hydrogen) atoms. The van der Waals surface area contributed by atoms with Gasteiger partial charge in [-0.15, -0.1) is 0 Å². The zero-order valence-electron chi connectivity index (χ0n) is 18.8. The van der Waals surface area contributed by atoms with Crippen molar-refractivity contribution in [3.63, 3.8) is 0 Å². The predicted molar refractivity (Wildman–Crippen MR) is 127 cm³/mol. The largest absolute Gasteiger partial charge is 0.353 e. The van der Waals surface area contributed by atoms with Crippen LogP contribution in [0.2, 0.25) is 0 Å². The van der Waals surface area contributed by atoms with E-state index in [9.17, 15) is 9.59 Å². The Hall–Kier alpha value is -1.99. The molecule has 1 unspecified atom stereocenters. The number of carbonyl (C=O) groups excluding carboxylic acids is 2. The quantitative estimate of drug-likeness (QED) is 0.628. The second kappa shape index (κ2) is 8.10. The molecule has 1 aromatic carbocycles. The molecule has 6 rings (SSSR count). The zero-order valence-corrected chi connectivity index (χ0v) is 19.6. The molecule has 0 N–H and O–H groups in total. The Morgan fingerprint density at radius 2 is 1.72 bits per heavy atom. The van der Waals surface area contributed by atoms with Crippen LogP contribution in [0, 0.1) is 29.6 Å². The number of fused-ring (bicyclic) bond motifs is 6. The van der Waals surface area contributed by atoms with Crippen LogP contribution in [0.1, 0.15) is 32.6 Å². The molecule has 2 aliphatic heterocycles. The van der Waals surface area contributed by atoms with Crippen LogP contribution in [0.25, 0.3) is 10.1 Å². The second-order valence-corrected chi connectivity index (χ2v) is 11.2. The van der Waals surface area contributed by atoms with Gasteiger partial charge in [0.2, 0.25) is 11.8 Å². The second-order valence-electron chi connectivity index (χ2n) is 10.4. The number of amides is 2. The summed E-state index contributed by atoms with van der Waals surface area (Å²) in [4.78, 5) is 32.4. The first-order valence-electron chi connectivity index (χ1n) is 12.3. The Morgan fingerprint density at radius 3 is 2.44 bits per heavy atom. The van der Waals surface area contributed by atoms with Gasteiger partial charge >= 0.3 is 0 Å². The first-order valence-corrected chi connectivity index (χ1v) is 13.0. The van der Waals surface area contributed by atoms with Crippen LogP contribution in [-0.4, -0.2) is 65.3 Å². The van der Waals surface area contributed by atoms with Crippen LogP contribution < -0.4 is 4.90 Å². The molecule has 2 bridgehead atoms. The maximum Gasteiger partial charge on any atom is 0.233 e. The number of nitrogens with zero attached hydrogens (tertiary/aromatic N) is 4. The van der Waals surface area contributed by atoms with Crippen molar-refractivity contribution in [2.45, 2.75) is 32.6 Å². The Kier molecular flexibility index (Phi) is 5.22. The van der Waals surface area contributed by atoms with Crippen LogP contribution in [0.4, 0.5) is 5.82 Å². The number of hydrogen-bond acceptors (Lipinski definition) is 6. The van der Waals surface area contributed by atoms with Crippen molar-refractivity contribution < 1.29 is 9.59 Å². The summed E-state index contributed by atoms with van der Waals surface area (Å²) in [5, 5.41) is 1.26. The molecule has 0 radical (unpaired) electrons. The van der Waals surface area contributed by atoms with Crippen molar-refractivity contribution >= 4 is 39.3 Å². The third-order valence-electron chi connectivity index (χ3n) is 8.46. The number of likely N-dealkylation sites (tertiary alicyclic amines) is 1. The van der Waals surface area contributed by atoms with Crippen molar-refractivity contribution in [2.24, 2.45) is 29.6 Å². The molecule has 0 spiro atoms. The highest BCUT2D eigenvalue weighted by atomic mass is 32.1. The van der Waals surface area contributed by atoms with Gasteiger partial charge in [-0.1, -0.05) is 19.1 Å². The van der Waals surface area contributed by atoms with Crippen LogP contribution >= 0.6 is 11.5 Å². The maximum absolute atomic E-state index is 12.9. The Labute approximate surface area is 193 Å². The van der Waals surface area contributed by atoms with Crippen molar-refractivity contribution in [2.75, 3.05) is 44.2 Å². The lowest BCUT2D eigenvalue weighted by molar-refractivity contribution is -0.140. The molecule has 3 heterocycles. The molecule has 5 atom stereocenters. The van der Waals surface area contributed by atoms with E-state index in [0.29, 0.717) is 24.3 Å². The molecule has 6 nitrogen and oxygen atoms in total. The molecule has 2 amide bonds. The normalized spacial score (nSPS) is 31.2. The molecule has 2 saturated carbocycles. The van der Waals surface area contributed by atoms with E-state index in [0.717, 1.165) is 64.2 Å². The minimum Gasteiger partial charge on any atom is -0.353 e. The van der Waals surface area contributed by atoms with Gasteiger partial charge in [0, 0.05) is 44.7 Å². The van der Waals surface area contributed by atoms with Gasteiger partial charge in [0.05, 0.1) is 16.5 Å². The summed E-state index contributed by atoms with van der Waals surface area (Å²) in [7, 11) is 0. The van der Waals surface area contributed by atoms with E-state index in [1.807, 2.05) is 0 Å². The number of carbonyl (C=O) groups is 2. The third-order valence-corrected chi connectivity index (χ3v) is 9.28. The number of aromatic nitrogens is 1. The Morgan fingerprint density at radius 1 is 1.03 bits per heavy atom. The number of rotatable bonds is 6. The summed E-state index contributed by atoms with van der Waals surface area (Å²) in [5.74, 6) is 2.89. The van der Waals surface area contributed by atoms with Crippen LogP contribution in [0.3, 0.4) is 0 Å². The van der Waals surface area contributed by atoms with Crippen molar-refractivity contribution in [3.05, 3.63) is 24.3 Å². The van der Waals surface area contributed by atoms with E-state index in [-0.39, 0.29) is 23.7 Å². The van der Waals surface area contributed by atoms with Crippen LogP contribution in [0.5, 0.6) is 0 Å². The van der Waals surface area contributed by atoms with Gasteiger partial charge in [-0.3, -0.25) is 19.4 Å². The first kappa shape index (κ1) is 20.6. The lowest BCUT2D eigenvalue weighted by Crippen LogP contribution is -2.48. The monoisotopic (exact) mass is 452 g/mol. The molecule has 170 valence electrons. The summed E-state index contributed by atoms with van der Waals surface area (Å²) in [6.45, 7) is 7.95. The average Bonchev–Trinajstić information content (AvgIpc) is 3.57. The Balaban J connectivity index is 0.998. The number of anilines is 1. The van der Waals surface area contributed by atoms with E-state index in [1.165, 1.54) is 10.1 Å². The zero-order chi connectivity index (χ0) is 21.8. The number of benzene rings is 1. The smallest absolute Gasteiger partial charge is 0.233 e. The van der Waals surface area contributed by atoms with Crippen LogP contribution in [0.15, 0.2) is 24.3 Å². The molecule has 4 aliphatic rings. The van der Waals surface area contributed by atoms with Gasteiger partial charge in [-0.25, -0.2) is 0 Å². The Bertz CT molecular complexity index is 1000. The van der Waals surface area contributed by atoms with E-state index in [1.54, 1.807) is 16.4 Å². The lowest BCUT2D eigenvalue weighted by atomic mass is 9.81. The molecular weight excluding hydrogens is 420 g/mol. The summed E-state index contributed by atoms with van der Waals surface area (Å²) < 4.78 is 5.96. The molecule has 2 aliphatic carbocycles. The van der Waals surface area contributed by atoms with Gasteiger partial charge in [0.15, 0.2) is 0 Å². The fraction of sp³-hybridized carbons (Fsp3) is 0.640. The molecule has 2 saturated heterocycles. The van der Waals surface area contributed by atoms with Gasteiger partial charge in [0.25, 0.3) is 0 Å². The topological polar surface area (TPSA) is 56.8 Å². The minimum atomic E-state index is 0.0198. The van der Waals surface area contributed by atoms with Gasteiger partial charge in [-0.2, -0.15) is 4.37 Å². The highest BCUT2D eigenvalue weighted by Crippen LogP contribution is 2.56. The maximum atomic E-state index is 12.9. The number of hydrogen-bond donors (Lipinski definition) is 0. The SMILES string of the molecule is CC(CCN1C(=O)[C@@H]2[C@H]3CC[C@H](C3)[C@@H]2C1=O)CN1CCN(c2nsc3ccccc23)CC1. The summed E-state index contributed by atoms with van der Waals surface area (Å²) in [6.07, 6.45) is 4.32. The standard InChI is InChI=1S/C25H32N4O2S/c1-16(8-9-29-24(30)21-17-6-7-18(14-17)22(21)25(29)31)15-27-10-12-28(13-11-27)23-19-4-2-3-5-20(19)32-26-23/h2-5,16-18,21-22H,6-15H2,1H3/t16?,17-,18+,21+,22-. The fourth-order valence-corrected chi connectivity index (χ4v) is 7.61. The van der Waals surface area contributed by atoms with E-state index >= 15 is 0 Å². The molecule has 4 fully saturated rings. The van der Waals surface area contributed by atoms with E-state index in [4.69, 9.17) is 4.37 Å². The highest BCUT2D eigenvalue weighted by Gasteiger charge is 2.60. The van der Waals surface area contributed by atoms with Crippen molar-refractivity contribution in [3.8, 4) is 0 Å². The predicted octanol–water partition coefficient (Wildman–Crippen LogP) is 3.48. The van der Waals surface area contributed by atoms with Gasteiger partial charge in [0.1, 0.15) is 5.82 Å². The fourth-order valence-electron chi connectivity index (χ4n) is 6.82. The van der Waals surface area contributed by atoms with Crippen molar-refractivity contribution in [1.82, 2.24) is 14.2 Å². The third kappa shape index (κ3) is 3.36. The first-order chi connectivity index (χ1) is 15.6. The minimum absolute atomic E-state index is 0.0198. The summed E-state index contributed by atoms with van der Waals surface area (Å²) in [6, 6.07) is 8.47. The van der Waals surface area contributed by atoms with Crippen LogP contribution in [-0.2, 0) is 9.59 Å². The van der Waals surface area contributed by atoms with E-state index < -0.39 is 0 Å². The van der Waals surface area contributed by atoms with Crippen molar-refractivity contribution in [1.29, 1.82) is 0 Å². The number of piperazine rings is 1. The van der Waals surface area contributed by atoms with Gasteiger partial charge < -0.3 is 4.90 Å². The molecule has 7 heteroatoms. The molecular formula is C25H32N4O2S. The summed E-state index contributed by atoms with van der Waals surface area (Å²) >= 11 is 1.58. The van der Waals surface area contributed by atoms with E-state index in [2.05, 4.69) is 41.0 Å². The highest BCUT2D eigenvalue weighted by molar-refractivity contribution is 7.13. The summed E-state index contributed by atoms with van der Waals surface area (Å²) in [5.41, 5.74) is 0. The van der Waals surface area contributed by atoms with Gasteiger partial charge in [-0.05, 0) is 67.1 Å².